The summed E-state index contributed by atoms with van der Waals surface area (Å²) in [6.07, 6.45) is 9.28. The van der Waals surface area contributed by atoms with Crippen LogP contribution in [-0.4, -0.2) is 34.5 Å². The first-order chi connectivity index (χ1) is 8.83. The molecule has 2 aliphatic carbocycles. The molecule has 0 aromatic heterocycles. The molecule has 0 bridgehead atoms. The molecule has 0 spiro atoms. The van der Waals surface area contributed by atoms with Crippen molar-refractivity contribution in [2.24, 2.45) is 5.41 Å². The summed E-state index contributed by atoms with van der Waals surface area (Å²) in [6, 6.07) is 0. The second-order valence-corrected chi connectivity index (χ2v) is 7.78. The second-order valence-electron chi connectivity index (χ2n) is 7.78. The molecule has 0 atom stereocenters. The van der Waals surface area contributed by atoms with Crippen molar-refractivity contribution < 1.29 is 10.2 Å². The summed E-state index contributed by atoms with van der Waals surface area (Å²) in [4.78, 5) is 0. The van der Waals surface area contributed by atoms with Crippen LogP contribution in [0.4, 0.5) is 0 Å². The fourth-order valence-electron chi connectivity index (χ4n) is 3.48. The number of rotatable bonds is 4. The first-order valence-corrected chi connectivity index (χ1v) is 7.98. The van der Waals surface area contributed by atoms with Crippen molar-refractivity contribution in [3.63, 3.8) is 0 Å². The molecule has 0 heterocycles. The van der Waals surface area contributed by atoms with E-state index in [0.717, 1.165) is 51.4 Å². The molecule has 2 rings (SSSR count). The predicted molar refractivity (Wildman–Crippen MR) is 78.1 cm³/mol. The summed E-state index contributed by atoms with van der Waals surface area (Å²) in [5.41, 5.74) is -0.698. The standard InChI is InChI=1S/C16H31NO2/c1-14(2)8-10-16(19,11-9-14)13-17-12-15(18)6-4-3-5-7-15/h17-19H,3-13H2,1-2H3. The Balaban J connectivity index is 1.73. The van der Waals surface area contributed by atoms with Crippen molar-refractivity contribution in [1.29, 1.82) is 0 Å². The molecule has 0 unspecified atom stereocenters. The summed E-state index contributed by atoms with van der Waals surface area (Å²) in [5.74, 6) is 0. The Morgan fingerprint density at radius 3 is 1.74 bits per heavy atom. The Hall–Kier alpha value is -0.120. The van der Waals surface area contributed by atoms with E-state index in [1.165, 1.54) is 6.42 Å². The van der Waals surface area contributed by atoms with Gasteiger partial charge in [0, 0.05) is 13.1 Å². The first kappa shape index (κ1) is 15.3. The number of hydrogen-bond donors (Lipinski definition) is 3. The number of nitrogens with one attached hydrogen (secondary N) is 1. The monoisotopic (exact) mass is 269 g/mol. The molecule has 2 fully saturated rings. The fourth-order valence-corrected chi connectivity index (χ4v) is 3.48. The molecule has 0 saturated heterocycles. The van der Waals surface area contributed by atoms with Crippen LogP contribution < -0.4 is 5.32 Å². The highest BCUT2D eigenvalue weighted by Gasteiger charge is 2.37. The maximum atomic E-state index is 10.6. The van der Waals surface area contributed by atoms with Crippen molar-refractivity contribution >= 4 is 0 Å². The maximum absolute atomic E-state index is 10.6. The Bertz CT molecular complexity index is 285. The van der Waals surface area contributed by atoms with Crippen molar-refractivity contribution in [3.05, 3.63) is 0 Å². The predicted octanol–water partition coefficient (Wildman–Crippen LogP) is 2.60. The Kier molecular flexibility index (Phi) is 4.59. The average molecular weight is 269 g/mol. The molecular formula is C16H31NO2. The lowest BCUT2D eigenvalue weighted by Gasteiger charge is -2.41. The molecule has 0 radical (unpaired) electrons. The SMILES string of the molecule is CC1(C)CCC(O)(CNCC2(O)CCCCC2)CC1. The van der Waals surface area contributed by atoms with Crippen LogP contribution in [-0.2, 0) is 0 Å². The van der Waals surface area contributed by atoms with Gasteiger partial charge in [0.15, 0.2) is 0 Å². The zero-order chi connectivity index (χ0) is 14.0. The average Bonchev–Trinajstić information content (AvgIpc) is 2.35. The second kappa shape index (κ2) is 5.71. The minimum Gasteiger partial charge on any atom is -0.389 e. The molecule has 0 aromatic carbocycles. The third-order valence-electron chi connectivity index (χ3n) is 5.23. The maximum Gasteiger partial charge on any atom is 0.0772 e. The molecule has 3 heteroatoms. The summed E-state index contributed by atoms with van der Waals surface area (Å²) in [5, 5.41) is 24.3. The molecule has 0 aromatic rings. The number of hydrogen-bond acceptors (Lipinski definition) is 3. The summed E-state index contributed by atoms with van der Waals surface area (Å²) in [7, 11) is 0. The van der Waals surface area contributed by atoms with Gasteiger partial charge in [0.2, 0.25) is 0 Å². The Morgan fingerprint density at radius 1 is 0.737 bits per heavy atom. The van der Waals surface area contributed by atoms with Crippen LogP contribution in [0.1, 0.15) is 71.6 Å². The highest BCUT2D eigenvalue weighted by molar-refractivity contribution is 4.92. The van der Waals surface area contributed by atoms with Crippen LogP contribution in [0.5, 0.6) is 0 Å². The zero-order valence-electron chi connectivity index (χ0n) is 12.7. The van der Waals surface area contributed by atoms with Gasteiger partial charge in [0.25, 0.3) is 0 Å². The van der Waals surface area contributed by atoms with Crippen molar-refractivity contribution in [3.8, 4) is 0 Å². The normalized spacial score (nSPS) is 29.1. The zero-order valence-corrected chi connectivity index (χ0v) is 12.7. The van der Waals surface area contributed by atoms with Crippen molar-refractivity contribution in [1.82, 2.24) is 5.32 Å². The summed E-state index contributed by atoms with van der Waals surface area (Å²) >= 11 is 0. The Labute approximate surface area is 117 Å². The van der Waals surface area contributed by atoms with Crippen LogP contribution in [0, 0.1) is 5.41 Å². The van der Waals surface area contributed by atoms with E-state index in [1.54, 1.807) is 0 Å². The van der Waals surface area contributed by atoms with Gasteiger partial charge >= 0.3 is 0 Å². The van der Waals surface area contributed by atoms with Crippen molar-refractivity contribution in [2.75, 3.05) is 13.1 Å². The molecule has 0 aliphatic heterocycles. The van der Waals surface area contributed by atoms with E-state index in [4.69, 9.17) is 0 Å². The van der Waals surface area contributed by atoms with Gasteiger partial charge in [-0.15, -0.1) is 0 Å². The molecule has 112 valence electrons. The van der Waals surface area contributed by atoms with Crippen LogP contribution >= 0.6 is 0 Å². The van der Waals surface area contributed by atoms with E-state index in [-0.39, 0.29) is 0 Å². The minimum absolute atomic E-state index is 0.383. The quantitative estimate of drug-likeness (QED) is 0.735. The smallest absolute Gasteiger partial charge is 0.0772 e. The first-order valence-electron chi connectivity index (χ1n) is 7.98. The van der Waals surface area contributed by atoms with Crippen LogP contribution in [0.2, 0.25) is 0 Å². The van der Waals surface area contributed by atoms with Gasteiger partial charge in [-0.2, -0.15) is 0 Å². The van der Waals surface area contributed by atoms with Crippen LogP contribution in [0.3, 0.4) is 0 Å². The van der Waals surface area contributed by atoms with Gasteiger partial charge in [-0.1, -0.05) is 33.1 Å². The van der Waals surface area contributed by atoms with E-state index in [1.807, 2.05) is 0 Å². The van der Waals surface area contributed by atoms with Gasteiger partial charge in [0.1, 0.15) is 0 Å². The molecule has 2 saturated carbocycles. The van der Waals surface area contributed by atoms with Crippen LogP contribution in [0.25, 0.3) is 0 Å². The minimum atomic E-state index is -0.555. The molecular weight excluding hydrogens is 238 g/mol. The van der Waals surface area contributed by atoms with E-state index in [2.05, 4.69) is 19.2 Å². The third-order valence-corrected chi connectivity index (χ3v) is 5.23. The van der Waals surface area contributed by atoms with E-state index in [0.29, 0.717) is 18.5 Å². The molecule has 2 aliphatic rings. The molecule has 3 N–H and O–H groups in total. The van der Waals surface area contributed by atoms with E-state index in [9.17, 15) is 10.2 Å². The van der Waals surface area contributed by atoms with Crippen LogP contribution in [0.15, 0.2) is 0 Å². The summed E-state index contributed by atoms with van der Waals surface area (Å²) in [6.45, 7) is 5.83. The summed E-state index contributed by atoms with van der Waals surface area (Å²) < 4.78 is 0. The highest BCUT2D eigenvalue weighted by Crippen LogP contribution is 2.39. The Morgan fingerprint density at radius 2 is 1.21 bits per heavy atom. The lowest BCUT2D eigenvalue weighted by atomic mass is 9.71. The van der Waals surface area contributed by atoms with E-state index >= 15 is 0 Å². The van der Waals surface area contributed by atoms with Crippen molar-refractivity contribution in [2.45, 2.75) is 82.8 Å². The molecule has 0 amide bonds. The van der Waals surface area contributed by atoms with Gasteiger partial charge < -0.3 is 15.5 Å². The topological polar surface area (TPSA) is 52.5 Å². The van der Waals surface area contributed by atoms with Gasteiger partial charge in [0.05, 0.1) is 11.2 Å². The van der Waals surface area contributed by atoms with Gasteiger partial charge in [-0.3, -0.25) is 0 Å². The fraction of sp³-hybridized carbons (Fsp3) is 1.00. The van der Waals surface area contributed by atoms with Gasteiger partial charge in [-0.25, -0.2) is 0 Å². The van der Waals surface area contributed by atoms with Gasteiger partial charge in [-0.05, 0) is 43.9 Å². The van der Waals surface area contributed by atoms with E-state index < -0.39 is 11.2 Å². The third kappa shape index (κ3) is 4.44. The molecule has 3 nitrogen and oxygen atoms in total. The molecule has 19 heavy (non-hydrogen) atoms. The lowest BCUT2D eigenvalue weighted by Crippen LogP contribution is -2.49. The largest absolute Gasteiger partial charge is 0.389 e. The number of aliphatic hydroxyl groups is 2. The lowest BCUT2D eigenvalue weighted by molar-refractivity contribution is -0.0355. The highest BCUT2D eigenvalue weighted by atomic mass is 16.3.